The molecular weight excluding hydrogens is 398 g/mol. The van der Waals surface area contributed by atoms with Crippen LogP contribution in [-0.4, -0.2) is 34.4 Å². The fourth-order valence-electron chi connectivity index (χ4n) is 2.14. The van der Waals surface area contributed by atoms with Crippen LogP contribution in [0.25, 0.3) is 0 Å². The number of nitrogens with zero attached hydrogens (tertiary/aromatic N) is 2. The van der Waals surface area contributed by atoms with E-state index < -0.39 is 0 Å². The molecule has 1 aromatic heterocycles. The van der Waals surface area contributed by atoms with Gasteiger partial charge in [-0.05, 0) is 57.2 Å². The summed E-state index contributed by atoms with van der Waals surface area (Å²) in [5.74, 6) is 0.0236. The molecule has 1 saturated heterocycles. The van der Waals surface area contributed by atoms with Crippen LogP contribution in [0.2, 0.25) is 0 Å². The maximum Gasteiger partial charge on any atom is 0.264 e. The van der Waals surface area contributed by atoms with Crippen molar-refractivity contribution in [3.05, 3.63) is 19.2 Å². The van der Waals surface area contributed by atoms with Crippen LogP contribution >= 0.6 is 43.2 Å². The maximum absolute atomic E-state index is 12.5. The number of carbonyl (C=O) groups is 1. The van der Waals surface area contributed by atoms with Crippen LogP contribution in [0.4, 0.5) is 0 Å². The van der Waals surface area contributed by atoms with Crippen molar-refractivity contribution in [2.45, 2.75) is 25.3 Å². The summed E-state index contributed by atoms with van der Waals surface area (Å²) < 4.78 is 1.74. The van der Waals surface area contributed by atoms with Crippen LogP contribution in [-0.2, 0) is 0 Å². The molecule has 1 amide bonds. The van der Waals surface area contributed by atoms with Crippen LogP contribution in [0.15, 0.2) is 19.5 Å². The monoisotopic (exact) mass is 409 g/mol. The largest absolute Gasteiger partial charge is 0.409 e. The van der Waals surface area contributed by atoms with Gasteiger partial charge in [-0.25, -0.2) is 0 Å². The summed E-state index contributed by atoms with van der Waals surface area (Å²) in [6.45, 7) is 0.632. The summed E-state index contributed by atoms with van der Waals surface area (Å²) in [7, 11) is 0. The van der Waals surface area contributed by atoms with Crippen molar-refractivity contribution in [2.24, 2.45) is 10.9 Å². The second kappa shape index (κ2) is 6.23. The Kier molecular flexibility index (Phi) is 4.86. The lowest BCUT2D eigenvalue weighted by atomic mass is 10.0. The molecule has 1 unspecified atom stereocenters. The minimum absolute atomic E-state index is 0.0762. The third-order valence-electron chi connectivity index (χ3n) is 3.08. The fraction of sp³-hybridized carbons (Fsp3) is 0.455. The zero-order chi connectivity index (χ0) is 14.0. The number of likely N-dealkylation sites (tertiary alicyclic amines) is 1. The highest BCUT2D eigenvalue weighted by Gasteiger charge is 2.31. The minimum atomic E-state index is -0.314. The van der Waals surface area contributed by atoms with E-state index in [2.05, 4.69) is 37.0 Å². The number of carbonyl (C=O) groups excluding carboxylic acids is 1. The van der Waals surface area contributed by atoms with Gasteiger partial charge in [-0.3, -0.25) is 4.79 Å². The zero-order valence-corrected chi connectivity index (χ0v) is 14.0. The van der Waals surface area contributed by atoms with Crippen molar-refractivity contribution in [2.75, 3.05) is 6.54 Å². The molecule has 104 valence electrons. The van der Waals surface area contributed by atoms with E-state index in [1.165, 1.54) is 11.3 Å². The summed E-state index contributed by atoms with van der Waals surface area (Å²) in [5, 5.41) is 11.9. The first-order valence-corrected chi connectivity index (χ1v) is 8.18. The summed E-state index contributed by atoms with van der Waals surface area (Å²) in [5.41, 5.74) is 5.68. The van der Waals surface area contributed by atoms with Gasteiger partial charge in [0.05, 0.1) is 14.7 Å². The van der Waals surface area contributed by atoms with E-state index in [-0.39, 0.29) is 17.8 Å². The molecule has 2 rings (SSSR count). The summed E-state index contributed by atoms with van der Waals surface area (Å²) >= 11 is 8.12. The van der Waals surface area contributed by atoms with E-state index >= 15 is 0 Å². The number of rotatable bonds is 2. The molecule has 0 saturated carbocycles. The van der Waals surface area contributed by atoms with E-state index in [0.717, 1.165) is 27.5 Å². The Bertz CT molecular complexity index is 499. The molecule has 19 heavy (non-hydrogen) atoms. The van der Waals surface area contributed by atoms with Gasteiger partial charge in [0.25, 0.3) is 5.91 Å². The summed E-state index contributed by atoms with van der Waals surface area (Å²) in [6, 6.07) is 1.47. The van der Waals surface area contributed by atoms with E-state index in [0.29, 0.717) is 11.4 Å². The molecule has 2 heterocycles. The number of piperidine rings is 1. The third kappa shape index (κ3) is 3.11. The lowest BCUT2D eigenvalue weighted by molar-refractivity contribution is 0.0681. The predicted octanol–water partition coefficient (Wildman–Crippen LogP) is 3.01. The molecule has 1 aromatic rings. The van der Waals surface area contributed by atoms with Crippen LogP contribution in [0, 0.1) is 0 Å². The lowest BCUT2D eigenvalue weighted by Gasteiger charge is -2.34. The molecule has 0 aromatic carbocycles. The average molecular weight is 411 g/mol. The first kappa shape index (κ1) is 14.8. The number of halogens is 2. The first-order valence-electron chi connectivity index (χ1n) is 5.77. The maximum atomic E-state index is 12.5. The van der Waals surface area contributed by atoms with Gasteiger partial charge in [0, 0.05) is 11.0 Å². The number of hydrogen-bond acceptors (Lipinski definition) is 4. The molecule has 5 nitrogen and oxygen atoms in total. The van der Waals surface area contributed by atoms with Crippen LogP contribution < -0.4 is 5.73 Å². The van der Waals surface area contributed by atoms with Crippen LogP contribution in [0.5, 0.6) is 0 Å². The van der Waals surface area contributed by atoms with Crippen molar-refractivity contribution in [3.63, 3.8) is 0 Å². The molecule has 0 spiro atoms. The second-order valence-electron chi connectivity index (χ2n) is 4.27. The predicted molar refractivity (Wildman–Crippen MR) is 81.8 cm³/mol. The van der Waals surface area contributed by atoms with Gasteiger partial charge >= 0.3 is 0 Å². The SMILES string of the molecule is NC(=NO)C1CCCCN1C(=O)c1cc(Br)c(Br)s1. The topological polar surface area (TPSA) is 78.9 Å². The Hall–Kier alpha value is -0.600. The van der Waals surface area contributed by atoms with Gasteiger partial charge in [0.1, 0.15) is 0 Å². The van der Waals surface area contributed by atoms with Crippen molar-refractivity contribution in [1.29, 1.82) is 0 Å². The molecule has 1 aliphatic heterocycles. The summed E-state index contributed by atoms with van der Waals surface area (Å²) in [4.78, 5) is 14.8. The lowest BCUT2D eigenvalue weighted by Crippen LogP contribution is -2.50. The van der Waals surface area contributed by atoms with Crippen molar-refractivity contribution < 1.29 is 10.0 Å². The molecule has 3 N–H and O–H groups in total. The number of oxime groups is 1. The molecule has 8 heteroatoms. The van der Waals surface area contributed by atoms with E-state index in [9.17, 15) is 4.79 Å². The van der Waals surface area contributed by atoms with Gasteiger partial charge in [0.2, 0.25) is 0 Å². The third-order valence-corrected chi connectivity index (χ3v) is 6.32. The Balaban J connectivity index is 2.25. The first-order chi connectivity index (χ1) is 9.04. The van der Waals surface area contributed by atoms with Gasteiger partial charge in [-0.1, -0.05) is 5.16 Å². The Labute approximate surface area is 131 Å². The molecule has 1 aliphatic rings. The van der Waals surface area contributed by atoms with E-state index in [1.807, 2.05) is 0 Å². The summed E-state index contributed by atoms with van der Waals surface area (Å²) in [6.07, 6.45) is 2.65. The molecule has 1 fully saturated rings. The van der Waals surface area contributed by atoms with Crippen LogP contribution in [0.3, 0.4) is 0 Å². The molecule has 0 bridgehead atoms. The highest BCUT2D eigenvalue weighted by molar-refractivity contribution is 9.13. The quantitative estimate of drug-likeness (QED) is 0.340. The standard InChI is InChI=1S/C11H13Br2N3O2S/c12-6-5-8(19-9(6)13)11(17)16-4-2-1-3-7(16)10(14)15-18/h5,7,18H,1-4H2,(H2,14,15). The molecule has 1 atom stereocenters. The zero-order valence-electron chi connectivity index (χ0n) is 9.97. The molecule has 0 radical (unpaired) electrons. The van der Waals surface area contributed by atoms with Crippen LogP contribution in [0.1, 0.15) is 28.9 Å². The number of nitrogens with two attached hydrogens (primary N) is 1. The minimum Gasteiger partial charge on any atom is -0.409 e. The fourth-order valence-corrected chi connectivity index (χ4v) is 4.13. The van der Waals surface area contributed by atoms with Gasteiger partial charge in [0.15, 0.2) is 5.84 Å². The number of hydrogen-bond donors (Lipinski definition) is 2. The van der Waals surface area contributed by atoms with Crippen molar-refractivity contribution in [1.82, 2.24) is 4.90 Å². The van der Waals surface area contributed by atoms with Gasteiger partial charge in [-0.15, -0.1) is 11.3 Å². The second-order valence-corrected chi connectivity index (χ2v) is 7.49. The number of amidine groups is 1. The van der Waals surface area contributed by atoms with Gasteiger partial charge in [-0.2, -0.15) is 0 Å². The normalized spacial score (nSPS) is 20.6. The van der Waals surface area contributed by atoms with Crippen molar-refractivity contribution >= 4 is 54.9 Å². The number of amides is 1. The van der Waals surface area contributed by atoms with Crippen molar-refractivity contribution in [3.8, 4) is 0 Å². The molecular formula is C11H13Br2N3O2S. The number of thiophene rings is 1. The molecule has 0 aliphatic carbocycles. The smallest absolute Gasteiger partial charge is 0.264 e. The Morgan fingerprint density at radius 1 is 1.53 bits per heavy atom. The van der Waals surface area contributed by atoms with E-state index in [4.69, 9.17) is 10.9 Å². The Morgan fingerprint density at radius 3 is 2.84 bits per heavy atom. The average Bonchev–Trinajstić information content (AvgIpc) is 2.77. The highest BCUT2D eigenvalue weighted by atomic mass is 79.9. The Morgan fingerprint density at radius 2 is 2.26 bits per heavy atom. The van der Waals surface area contributed by atoms with E-state index in [1.54, 1.807) is 11.0 Å². The highest BCUT2D eigenvalue weighted by Crippen LogP contribution is 2.34. The van der Waals surface area contributed by atoms with Gasteiger partial charge < -0.3 is 15.8 Å².